The van der Waals surface area contributed by atoms with Crippen LogP contribution in [0.15, 0.2) is 12.1 Å². The quantitative estimate of drug-likeness (QED) is 0.694. The molecule has 0 aromatic carbocycles. The highest BCUT2D eigenvalue weighted by atomic mass is 35.5. The molecule has 3 rings (SSSR count). The molecule has 0 aliphatic carbocycles. The molecule has 7 heteroatoms. The Morgan fingerprint density at radius 1 is 1.37 bits per heavy atom. The molecule has 0 saturated carbocycles. The van der Waals surface area contributed by atoms with Gasteiger partial charge in [-0.2, -0.15) is 0 Å². The normalized spacial score (nSPS) is 17.1. The SMILES string of the molecule is CC1CCN(C(=O)n2nnc3ccc(Cl)nc32)CC1. The van der Waals surface area contributed by atoms with Gasteiger partial charge in [0.15, 0.2) is 5.65 Å². The molecule has 2 aromatic rings. The molecule has 100 valence electrons. The van der Waals surface area contributed by atoms with Crippen LogP contribution in [0.2, 0.25) is 5.15 Å². The van der Waals surface area contributed by atoms with Gasteiger partial charge in [-0.25, -0.2) is 9.78 Å². The summed E-state index contributed by atoms with van der Waals surface area (Å²) in [5.41, 5.74) is 0.985. The summed E-state index contributed by atoms with van der Waals surface area (Å²) >= 11 is 5.85. The number of amides is 1. The number of aromatic nitrogens is 4. The van der Waals surface area contributed by atoms with Crippen molar-refractivity contribution in [2.75, 3.05) is 13.1 Å². The van der Waals surface area contributed by atoms with Gasteiger partial charge in [-0.1, -0.05) is 23.7 Å². The largest absolute Gasteiger partial charge is 0.348 e. The number of nitrogens with zero attached hydrogens (tertiary/aromatic N) is 5. The zero-order chi connectivity index (χ0) is 13.4. The minimum atomic E-state index is -0.177. The molecule has 0 unspecified atom stereocenters. The summed E-state index contributed by atoms with van der Waals surface area (Å²) in [4.78, 5) is 18.3. The average Bonchev–Trinajstić information content (AvgIpc) is 2.81. The molecule has 1 amide bonds. The van der Waals surface area contributed by atoms with Gasteiger partial charge in [-0.15, -0.1) is 9.78 Å². The first-order valence-corrected chi connectivity index (χ1v) is 6.70. The van der Waals surface area contributed by atoms with Crippen LogP contribution in [0.3, 0.4) is 0 Å². The summed E-state index contributed by atoms with van der Waals surface area (Å²) in [5.74, 6) is 0.670. The van der Waals surface area contributed by atoms with Crippen molar-refractivity contribution in [3.63, 3.8) is 0 Å². The lowest BCUT2D eigenvalue weighted by atomic mass is 10.00. The molecule has 6 nitrogen and oxygen atoms in total. The Morgan fingerprint density at radius 3 is 2.84 bits per heavy atom. The summed E-state index contributed by atoms with van der Waals surface area (Å²) in [7, 11) is 0. The molecule has 1 aliphatic heterocycles. The molecule has 0 atom stereocenters. The van der Waals surface area contributed by atoms with Gasteiger partial charge in [0, 0.05) is 13.1 Å². The maximum Gasteiger partial charge on any atom is 0.348 e. The first-order chi connectivity index (χ1) is 9.15. The molecule has 1 aliphatic rings. The molecule has 0 spiro atoms. The van der Waals surface area contributed by atoms with Crippen molar-refractivity contribution in [1.82, 2.24) is 24.9 Å². The predicted octanol–water partition coefficient (Wildman–Crippen LogP) is 2.18. The highest BCUT2D eigenvalue weighted by Crippen LogP contribution is 2.18. The van der Waals surface area contributed by atoms with E-state index in [1.54, 1.807) is 17.0 Å². The number of hydrogen-bond acceptors (Lipinski definition) is 4. The zero-order valence-electron chi connectivity index (χ0n) is 10.6. The van der Waals surface area contributed by atoms with Crippen molar-refractivity contribution >= 4 is 28.8 Å². The average molecular weight is 280 g/mol. The van der Waals surface area contributed by atoms with Crippen LogP contribution >= 0.6 is 11.6 Å². The van der Waals surface area contributed by atoms with Gasteiger partial charge in [0.1, 0.15) is 10.7 Å². The van der Waals surface area contributed by atoms with Crippen molar-refractivity contribution in [1.29, 1.82) is 0 Å². The Morgan fingerprint density at radius 2 is 2.11 bits per heavy atom. The van der Waals surface area contributed by atoms with Crippen LogP contribution in [0.25, 0.3) is 11.2 Å². The lowest BCUT2D eigenvalue weighted by molar-refractivity contribution is 0.173. The first-order valence-electron chi connectivity index (χ1n) is 6.32. The number of carbonyl (C=O) groups excluding carboxylic acids is 1. The molecule has 0 bridgehead atoms. The lowest BCUT2D eigenvalue weighted by Crippen LogP contribution is -2.40. The third-order valence-corrected chi connectivity index (χ3v) is 3.71. The van der Waals surface area contributed by atoms with E-state index < -0.39 is 0 Å². The van der Waals surface area contributed by atoms with Crippen LogP contribution in [0.1, 0.15) is 19.8 Å². The number of carbonyl (C=O) groups is 1. The highest BCUT2D eigenvalue weighted by Gasteiger charge is 2.24. The van der Waals surface area contributed by atoms with Crippen molar-refractivity contribution in [3.8, 4) is 0 Å². The topological polar surface area (TPSA) is 63.9 Å². The van der Waals surface area contributed by atoms with E-state index >= 15 is 0 Å². The van der Waals surface area contributed by atoms with E-state index in [1.165, 1.54) is 4.68 Å². The molecule has 3 heterocycles. The highest BCUT2D eigenvalue weighted by molar-refractivity contribution is 6.29. The summed E-state index contributed by atoms with van der Waals surface area (Å²) in [6.45, 7) is 3.71. The number of piperidine rings is 1. The Labute approximate surface area is 115 Å². The van der Waals surface area contributed by atoms with E-state index in [2.05, 4.69) is 22.2 Å². The van der Waals surface area contributed by atoms with E-state index in [4.69, 9.17) is 11.6 Å². The van der Waals surface area contributed by atoms with Gasteiger partial charge in [0.2, 0.25) is 0 Å². The molecular weight excluding hydrogens is 266 g/mol. The number of hydrogen-bond donors (Lipinski definition) is 0. The minimum Gasteiger partial charge on any atom is -0.323 e. The van der Waals surface area contributed by atoms with Crippen LogP contribution in [0, 0.1) is 5.92 Å². The van der Waals surface area contributed by atoms with Crippen LogP contribution in [0.4, 0.5) is 4.79 Å². The number of halogens is 1. The fourth-order valence-corrected chi connectivity index (χ4v) is 2.39. The van der Waals surface area contributed by atoms with E-state index in [9.17, 15) is 4.79 Å². The molecule has 1 saturated heterocycles. The molecule has 19 heavy (non-hydrogen) atoms. The molecular formula is C12H14ClN5O. The predicted molar refractivity (Wildman–Crippen MR) is 71.1 cm³/mol. The van der Waals surface area contributed by atoms with Gasteiger partial charge in [-0.05, 0) is 30.9 Å². The number of likely N-dealkylation sites (tertiary alicyclic amines) is 1. The van der Waals surface area contributed by atoms with Crippen molar-refractivity contribution in [3.05, 3.63) is 17.3 Å². The molecule has 0 N–H and O–H groups in total. The standard InChI is InChI=1S/C12H14ClN5O/c1-8-4-6-17(7-5-8)12(19)18-11-9(15-16-18)2-3-10(13)14-11/h2-3,8H,4-7H2,1H3. The number of rotatable bonds is 0. The second kappa shape index (κ2) is 4.77. The fraction of sp³-hybridized carbons (Fsp3) is 0.500. The Bertz CT molecular complexity index is 618. The van der Waals surface area contributed by atoms with Crippen LogP contribution in [-0.4, -0.2) is 44.0 Å². The van der Waals surface area contributed by atoms with E-state index in [0.717, 1.165) is 25.9 Å². The van der Waals surface area contributed by atoms with E-state index in [-0.39, 0.29) is 6.03 Å². The Kier molecular flexibility index (Phi) is 3.10. The first kappa shape index (κ1) is 12.3. The summed E-state index contributed by atoms with van der Waals surface area (Å²) < 4.78 is 1.23. The van der Waals surface area contributed by atoms with Gasteiger partial charge >= 0.3 is 6.03 Å². The summed E-state index contributed by atoms with van der Waals surface area (Å²) in [6, 6.07) is 3.17. The van der Waals surface area contributed by atoms with Gasteiger partial charge < -0.3 is 4.90 Å². The van der Waals surface area contributed by atoms with Crippen LogP contribution in [-0.2, 0) is 0 Å². The maximum absolute atomic E-state index is 12.4. The van der Waals surface area contributed by atoms with Gasteiger partial charge in [-0.3, -0.25) is 0 Å². The molecule has 1 fully saturated rings. The van der Waals surface area contributed by atoms with Crippen molar-refractivity contribution in [2.45, 2.75) is 19.8 Å². The second-order valence-corrected chi connectivity index (χ2v) is 5.32. The van der Waals surface area contributed by atoms with Gasteiger partial charge in [0.25, 0.3) is 0 Å². The zero-order valence-corrected chi connectivity index (χ0v) is 11.3. The van der Waals surface area contributed by atoms with Crippen LogP contribution in [0.5, 0.6) is 0 Å². The van der Waals surface area contributed by atoms with Gasteiger partial charge in [0.05, 0.1) is 0 Å². The molecule has 0 radical (unpaired) electrons. The third kappa shape index (κ3) is 2.28. The van der Waals surface area contributed by atoms with Crippen LogP contribution < -0.4 is 0 Å². The van der Waals surface area contributed by atoms with E-state index in [0.29, 0.717) is 22.2 Å². The Hall–Kier alpha value is -1.69. The maximum atomic E-state index is 12.4. The lowest BCUT2D eigenvalue weighted by Gasteiger charge is -2.29. The van der Waals surface area contributed by atoms with Crippen molar-refractivity contribution < 1.29 is 4.79 Å². The Balaban J connectivity index is 1.91. The number of fused-ring (bicyclic) bond motifs is 1. The summed E-state index contributed by atoms with van der Waals surface area (Å²) in [5, 5.41) is 8.15. The van der Waals surface area contributed by atoms with E-state index in [1.807, 2.05) is 0 Å². The third-order valence-electron chi connectivity index (χ3n) is 3.50. The monoisotopic (exact) mass is 279 g/mol. The van der Waals surface area contributed by atoms with Crippen molar-refractivity contribution in [2.24, 2.45) is 5.92 Å². The molecule has 2 aromatic heterocycles. The minimum absolute atomic E-state index is 0.177. The number of pyridine rings is 1. The summed E-state index contributed by atoms with van der Waals surface area (Å²) in [6.07, 6.45) is 2.04. The fourth-order valence-electron chi connectivity index (χ4n) is 2.25. The second-order valence-electron chi connectivity index (χ2n) is 4.93. The smallest absolute Gasteiger partial charge is 0.323 e.